The second-order valence-electron chi connectivity index (χ2n) is 3.88. The maximum Gasteiger partial charge on any atom is 0.240 e. The highest BCUT2D eigenvalue weighted by molar-refractivity contribution is 5.79. The number of benzene rings is 2. The molecule has 2 heteroatoms. The average Bonchev–Trinajstić information content (AvgIpc) is 2.68. The number of aliphatic imine (C=N–C) groups is 1. The van der Waals surface area contributed by atoms with Crippen molar-refractivity contribution in [3.05, 3.63) is 53.6 Å². The fraction of sp³-hybridized carbons (Fsp3) is 0.0714. The SMILES string of the molecule is O=C=Nc1ccc2c(c1)-c1ccccc1C2. The van der Waals surface area contributed by atoms with Crippen LogP contribution >= 0.6 is 0 Å². The molecule has 1 aliphatic carbocycles. The van der Waals surface area contributed by atoms with Crippen LogP contribution in [0, 0.1) is 0 Å². The maximum atomic E-state index is 10.2. The van der Waals surface area contributed by atoms with Crippen LogP contribution in [0.2, 0.25) is 0 Å². The molecule has 0 saturated heterocycles. The lowest BCUT2D eigenvalue weighted by molar-refractivity contribution is 0.565. The molecule has 0 radical (unpaired) electrons. The van der Waals surface area contributed by atoms with Gasteiger partial charge in [-0.3, -0.25) is 0 Å². The van der Waals surface area contributed by atoms with Gasteiger partial charge in [-0.1, -0.05) is 30.3 Å². The molecule has 0 heterocycles. The van der Waals surface area contributed by atoms with E-state index in [1.54, 1.807) is 6.08 Å². The molecule has 0 N–H and O–H groups in total. The molecule has 0 unspecified atom stereocenters. The first-order chi connectivity index (χ1) is 7.88. The molecular formula is C14H9NO. The van der Waals surface area contributed by atoms with Crippen LogP contribution in [0.15, 0.2) is 47.5 Å². The predicted octanol–water partition coefficient (Wildman–Crippen LogP) is 3.23. The normalized spacial score (nSPS) is 11.5. The molecule has 2 aromatic rings. The molecular weight excluding hydrogens is 198 g/mol. The monoisotopic (exact) mass is 207 g/mol. The van der Waals surface area contributed by atoms with E-state index in [2.05, 4.69) is 23.2 Å². The summed E-state index contributed by atoms with van der Waals surface area (Å²) in [5.74, 6) is 0. The third-order valence-corrected chi connectivity index (χ3v) is 2.96. The molecule has 0 saturated carbocycles. The lowest BCUT2D eigenvalue weighted by Crippen LogP contribution is -1.78. The highest BCUT2D eigenvalue weighted by Gasteiger charge is 2.17. The van der Waals surface area contributed by atoms with Gasteiger partial charge in [0, 0.05) is 0 Å². The van der Waals surface area contributed by atoms with Gasteiger partial charge in [0.05, 0.1) is 5.69 Å². The van der Waals surface area contributed by atoms with Crippen molar-refractivity contribution in [1.82, 2.24) is 0 Å². The zero-order chi connectivity index (χ0) is 11.0. The summed E-state index contributed by atoms with van der Waals surface area (Å²) in [4.78, 5) is 13.9. The Labute approximate surface area is 93.3 Å². The summed E-state index contributed by atoms with van der Waals surface area (Å²) in [6, 6.07) is 14.2. The number of rotatable bonds is 1. The molecule has 2 aromatic carbocycles. The number of hydrogen-bond donors (Lipinski definition) is 0. The summed E-state index contributed by atoms with van der Waals surface area (Å²) in [5, 5.41) is 0. The summed E-state index contributed by atoms with van der Waals surface area (Å²) >= 11 is 0. The Morgan fingerprint density at radius 1 is 1.00 bits per heavy atom. The Morgan fingerprint density at radius 2 is 1.81 bits per heavy atom. The first-order valence-electron chi connectivity index (χ1n) is 5.17. The van der Waals surface area contributed by atoms with Crippen molar-refractivity contribution in [1.29, 1.82) is 0 Å². The van der Waals surface area contributed by atoms with Crippen LogP contribution in [-0.4, -0.2) is 6.08 Å². The van der Waals surface area contributed by atoms with Crippen molar-refractivity contribution >= 4 is 11.8 Å². The van der Waals surface area contributed by atoms with Crippen LogP contribution in [0.25, 0.3) is 11.1 Å². The summed E-state index contributed by atoms with van der Waals surface area (Å²) in [6.45, 7) is 0. The van der Waals surface area contributed by atoms with Crippen LogP contribution < -0.4 is 0 Å². The largest absolute Gasteiger partial charge is 0.240 e. The second kappa shape index (κ2) is 3.44. The number of carbonyl (C=O) groups excluding carboxylic acids is 1. The van der Waals surface area contributed by atoms with Gasteiger partial charge in [0.1, 0.15) is 0 Å². The van der Waals surface area contributed by atoms with Gasteiger partial charge < -0.3 is 0 Å². The van der Waals surface area contributed by atoms with Crippen molar-refractivity contribution in [2.24, 2.45) is 4.99 Å². The van der Waals surface area contributed by atoms with Crippen LogP contribution in [0.5, 0.6) is 0 Å². The van der Waals surface area contributed by atoms with Crippen molar-refractivity contribution in [3.63, 3.8) is 0 Å². The van der Waals surface area contributed by atoms with Gasteiger partial charge in [-0.05, 0) is 40.8 Å². The second-order valence-corrected chi connectivity index (χ2v) is 3.88. The number of isocyanates is 1. The van der Waals surface area contributed by atoms with E-state index < -0.39 is 0 Å². The van der Waals surface area contributed by atoms with Gasteiger partial charge in [0.25, 0.3) is 0 Å². The minimum Gasteiger partial charge on any atom is -0.211 e. The molecule has 0 spiro atoms. The van der Waals surface area contributed by atoms with E-state index in [0.29, 0.717) is 5.69 Å². The number of hydrogen-bond acceptors (Lipinski definition) is 2. The minimum absolute atomic E-state index is 0.672. The van der Waals surface area contributed by atoms with Crippen LogP contribution in [0.1, 0.15) is 11.1 Å². The Morgan fingerprint density at radius 3 is 2.69 bits per heavy atom. The Bertz CT molecular complexity index is 610. The first kappa shape index (κ1) is 9.08. The maximum absolute atomic E-state index is 10.2. The zero-order valence-corrected chi connectivity index (χ0v) is 8.60. The molecule has 0 bridgehead atoms. The van der Waals surface area contributed by atoms with Crippen molar-refractivity contribution in [2.75, 3.05) is 0 Å². The van der Waals surface area contributed by atoms with Gasteiger partial charge in [-0.15, -0.1) is 0 Å². The van der Waals surface area contributed by atoms with E-state index in [1.165, 1.54) is 22.3 Å². The third kappa shape index (κ3) is 1.28. The third-order valence-electron chi connectivity index (χ3n) is 2.96. The molecule has 76 valence electrons. The van der Waals surface area contributed by atoms with E-state index in [4.69, 9.17) is 0 Å². The molecule has 0 amide bonds. The van der Waals surface area contributed by atoms with E-state index in [-0.39, 0.29) is 0 Å². The van der Waals surface area contributed by atoms with E-state index in [0.717, 1.165) is 6.42 Å². The van der Waals surface area contributed by atoms with Crippen LogP contribution in [-0.2, 0) is 11.2 Å². The van der Waals surface area contributed by atoms with Crippen molar-refractivity contribution in [3.8, 4) is 11.1 Å². The first-order valence-corrected chi connectivity index (χ1v) is 5.17. The fourth-order valence-electron chi connectivity index (χ4n) is 2.23. The van der Waals surface area contributed by atoms with Crippen LogP contribution in [0.4, 0.5) is 5.69 Å². The van der Waals surface area contributed by atoms with E-state index in [1.807, 2.05) is 24.3 Å². The van der Waals surface area contributed by atoms with Gasteiger partial charge in [-0.2, -0.15) is 4.99 Å². The molecule has 2 nitrogen and oxygen atoms in total. The lowest BCUT2D eigenvalue weighted by atomic mass is 10.1. The fourth-order valence-corrected chi connectivity index (χ4v) is 2.23. The quantitative estimate of drug-likeness (QED) is 0.445. The number of nitrogens with zero attached hydrogens (tertiary/aromatic N) is 1. The Balaban J connectivity index is 2.22. The van der Waals surface area contributed by atoms with Gasteiger partial charge in [0.2, 0.25) is 6.08 Å². The summed E-state index contributed by atoms with van der Waals surface area (Å²) in [7, 11) is 0. The molecule has 0 fully saturated rings. The van der Waals surface area contributed by atoms with E-state index in [9.17, 15) is 4.79 Å². The van der Waals surface area contributed by atoms with Crippen molar-refractivity contribution in [2.45, 2.75) is 6.42 Å². The van der Waals surface area contributed by atoms with Crippen LogP contribution in [0.3, 0.4) is 0 Å². The molecule has 0 aliphatic heterocycles. The molecule has 0 aromatic heterocycles. The molecule has 16 heavy (non-hydrogen) atoms. The van der Waals surface area contributed by atoms with Gasteiger partial charge in [-0.25, -0.2) is 4.79 Å². The smallest absolute Gasteiger partial charge is 0.211 e. The molecule has 0 atom stereocenters. The standard InChI is InChI=1S/C14H9NO/c16-9-15-12-6-5-11-7-10-3-1-2-4-13(10)14(11)8-12/h1-6,8H,7H2. The van der Waals surface area contributed by atoms with Crippen molar-refractivity contribution < 1.29 is 4.79 Å². The zero-order valence-electron chi connectivity index (χ0n) is 8.60. The highest BCUT2D eigenvalue weighted by Crippen LogP contribution is 2.38. The summed E-state index contributed by atoms with van der Waals surface area (Å²) < 4.78 is 0. The molecule has 3 rings (SSSR count). The number of fused-ring (bicyclic) bond motifs is 3. The Hall–Kier alpha value is -2.18. The van der Waals surface area contributed by atoms with Gasteiger partial charge >= 0.3 is 0 Å². The lowest BCUT2D eigenvalue weighted by Gasteiger charge is -2.00. The summed E-state index contributed by atoms with van der Waals surface area (Å²) in [6.07, 6.45) is 2.54. The predicted molar refractivity (Wildman–Crippen MR) is 62.5 cm³/mol. The highest BCUT2D eigenvalue weighted by atomic mass is 16.1. The minimum atomic E-state index is 0.672. The average molecular weight is 207 g/mol. The molecule has 1 aliphatic rings. The van der Waals surface area contributed by atoms with E-state index >= 15 is 0 Å². The van der Waals surface area contributed by atoms with Gasteiger partial charge in [0.15, 0.2) is 0 Å². The Kier molecular flexibility index (Phi) is 1.95. The topological polar surface area (TPSA) is 29.4 Å². The summed E-state index contributed by atoms with van der Waals surface area (Å²) in [5.41, 5.74) is 5.74.